The fraction of sp³-hybridized carbons (Fsp3) is 0.462. The number of benzene rings is 1. The van der Waals surface area contributed by atoms with Crippen LogP contribution in [0, 0.1) is 5.92 Å². The molecule has 1 aliphatic rings. The van der Waals surface area contributed by atoms with Crippen LogP contribution in [0.4, 0.5) is 5.69 Å². The summed E-state index contributed by atoms with van der Waals surface area (Å²) < 4.78 is 0. The van der Waals surface area contributed by atoms with Crippen molar-refractivity contribution in [3.63, 3.8) is 0 Å². The topological polar surface area (TPSA) is 61.4 Å². The van der Waals surface area contributed by atoms with Gasteiger partial charge in [0.05, 0.1) is 12.6 Å². The SMILES string of the molecule is O=C(CNCC(O)C1CC1)Nc1cccc(Cl)c1. The number of amides is 1. The molecule has 4 nitrogen and oxygen atoms in total. The molecule has 1 unspecified atom stereocenters. The Kier molecular flexibility index (Phi) is 4.58. The van der Waals surface area contributed by atoms with Gasteiger partial charge in [-0.25, -0.2) is 0 Å². The van der Waals surface area contributed by atoms with Crippen LogP contribution < -0.4 is 10.6 Å². The van der Waals surface area contributed by atoms with Gasteiger partial charge in [-0.3, -0.25) is 4.79 Å². The molecule has 1 fully saturated rings. The van der Waals surface area contributed by atoms with E-state index in [0.29, 0.717) is 23.2 Å². The van der Waals surface area contributed by atoms with Crippen molar-refractivity contribution < 1.29 is 9.90 Å². The lowest BCUT2D eigenvalue weighted by Crippen LogP contribution is -2.34. The molecule has 1 aromatic rings. The second kappa shape index (κ2) is 6.18. The standard InChI is InChI=1S/C13H17ClN2O2/c14-10-2-1-3-11(6-10)16-13(18)8-15-7-12(17)9-4-5-9/h1-3,6,9,12,15,17H,4-5,7-8H2,(H,16,18). The van der Waals surface area contributed by atoms with Gasteiger partial charge in [-0.2, -0.15) is 0 Å². The Labute approximate surface area is 111 Å². The van der Waals surface area contributed by atoms with Crippen LogP contribution in [-0.2, 0) is 4.79 Å². The van der Waals surface area contributed by atoms with Gasteiger partial charge in [0.25, 0.3) is 0 Å². The quantitative estimate of drug-likeness (QED) is 0.735. The molecule has 18 heavy (non-hydrogen) atoms. The molecule has 1 saturated carbocycles. The molecule has 0 aliphatic heterocycles. The Bertz CT molecular complexity index is 421. The van der Waals surface area contributed by atoms with Crippen LogP contribution in [0.25, 0.3) is 0 Å². The molecule has 3 N–H and O–H groups in total. The molecular weight excluding hydrogens is 252 g/mol. The predicted molar refractivity (Wildman–Crippen MR) is 71.7 cm³/mol. The largest absolute Gasteiger partial charge is 0.392 e. The van der Waals surface area contributed by atoms with E-state index >= 15 is 0 Å². The molecule has 0 bridgehead atoms. The van der Waals surface area contributed by atoms with Crippen molar-refractivity contribution >= 4 is 23.2 Å². The number of halogens is 1. The number of rotatable bonds is 6. The number of nitrogens with one attached hydrogen (secondary N) is 2. The van der Waals surface area contributed by atoms with Crippen LogP contribution in [0.2, 0.25) is 5.02 Å². The third-order valence-corrected chi connectivity index (χ3v) is 3.15. The highest BCUT2D eigenvalue weighted by Gasteiger charge is 2.29. The molecule has 0 spiro atoms. The minimum absolute atomic E-state index is 0.139. The lowest BCUT2D eigenvalue weighted by atomic mass is 10.2. The molecule has 0 radical (unpaired) electrons. The van der Waals surface area contributed by atoms with Crippen LogP contribution in [0.3, 0.4) is 0 Å². The Balaban J connectivity index is 1.68. The number of hydrogen-bond donors (Lipinski definition) is 3. The molecule has 1 amide bonds. The second-order valence-electron chi connectivity index (χ2n) is 4.59. The Morgan fingerprint density at radius 3 is 2.94 bits per heavy atom. The molecule has 1 aromatic carbocycles. The maximum Gasteiger partial charge on any atom is 0.238 e. The van der Waals surface area contributed by atoms with Crippen molar-refractivity contribution in [2.75, 3.05) is 18.4 Å². The predicted octanol–water partition coefficient (Wildman–Crippen LogP) is 1.64. The molecule has 0 heterocycles. The van der Waals surface area contributed by atoms with Crippen LogP contribution in [0.15, 0.2) is 24.3 Å². The number of aliphatic hydroxyl groups is 1. The summed E-state index contributed by atoms with van der Waals surface area (Å²) >= 11 is 5.82. The van der Waals surface area contributed by atoms with Gasteiger partial charge in [0, 0.05) is 17.3 Å². The first kappa shape index (κ1) is 13.3. The first-order valence-electron chi connectivity index (χ1n) is 6.09. The summed E-state index contributed by atoms with van der Waals surface area (Å²) in [6.07, 6.45) is 1.86. The van der Waals surface area contributed by atoms with Crippen molar-refractivity contribution in [3.8, 4) is 0 Å². The summed E-state index contributed by atoms with van der Waals surface area (Å²) in [4.78, 5) is 11.6. The first-order chi connectivity index (χ1) is 8.65. The molecule has 1 aliphatic carbocycles. The Morgan fingerprint density at radius 2 is 2.28 bits per heavy atom. The van der Waals surface area contributed by atoms with Crippen LogP contribution >= 0.6 is 11.6 Å². The third-order valence-electron chi connectivity index (χ3n) is 2.91. The molecule has 2 rings (SSSR count). The highest BCUT2D eigenvalue weighted by Crippen LogP contribution is 2.32. The van der Waals surface area contributed by atoms with E-state index < -0.39 is 0 Å². The zero-order valence-electron chi connectivity index (χ0n) is 10.0. The van der Waals surface area contributed by atoms with E-state index in [2.05, 4.69) is 10.6 Å². The van der Waals surface area contributed by atoms with E-state index in [0.717, 1.165) is 12.8 Å². The summed E-state index contributed by atoms with van der Waals surface area (Å²) in [6.45, 7) is 0.657. The molecule has 0 saturated heterocycles. The number of hydrogen-bond acceptors (Lipinski definition) is 3. The minimum Gasteiger partial charge on any atom is -0.392 e. The smallest absolute Gasteiger partial charge is 0.238 e. The van der Waals surface area contributed by atoms with Gasteiger partial charge in [0.15, 0.2) is 0 Å². The van der Waals surface area contributed by atoms with E-state index in [9.17, 15) is 9.90 Å². The van der Waals surface area contributed by atoms with Gasteiger partial charge >= 0.3 is 0 Å². The van der Waals surface area contributed by atoms with E-state index in [1.54, 1.807) is 24.3 Å². The van der Waals surface area contributed by atoms with E-state index in [1.807, 2.05) is 0 Å². The maximum absolute atomic E-state index is 11.6. The summed E-state index contributed by atoms with van der Waals surface area (Å²) in [7, 11) is 0. The molecule has 0 aromatic heterocycles. The Hall–Kier alpha value is -1.10. The van der Waals surface area contributed by atoms with Gasteiger partial charge < -0.3 is 15.7 Å². The fourth-order valence-corrected chi connectivity index (χ4v) is 1.94. The minimum atomic E-state index is -0.330. The fourth-order valence-electron chi connectivity index (χ4n) is 1.75. The van der Waals surface area contributed by atoms with Crippen molar-refractivity contribution in [3.05, 3.63) is 29.3 Å². The van der Waals surface area contributed by atoms with Gasteiger partial charge in [-0.05, 0) is 37.0 Å². The van der Waals surface area contributed by atoms with Gasteiger partial charge in [0.2, 0.25) is 5.91 Å². The lowest BCUT2D eigenvalue weighted by molar-refractivity contribution is -0.115. The number of carbonyl (C=O) groups is 1. The average molecular weight is 269 g/mol. The first-order valence-corrected chi connectivity index (χ1v) is 6.47. The summed E-state index contributed by atoms with van der Waals surface area (Å²) in [5.41, 5.74) is 0.678. The van der Waals surface area contributed by atoms with E-state index in [4.69, 9.17) is 11.6 Å². The molecular formula is C13H17ClN2O2. The maximum atomic E-state index is 11.6. The summed E-state index contributed by atoms with van der Waals surface area (Å²) in [5, 5.41) is 15.9. The summed E-state index contributed by atoms with van der Waals surface area (Å²) in [6, 6.07) is 7.00. The second-order valence-corrected chi connectivity index (χ2v) is 5.03. The number of aliphatic hydroxyl groups excluding tert-OH is 1. The van der Waals surface area contributed by atoms with Gasteiger partial charge in [0.1, 0.15) is 0 Å². The van der Waals surface area contributed by atoms with Crippen LogP contribution in [0.1, 0.15) is 12.8 Å². The highest BCUT2D eigenvalue weighted by molar-refractivity contribution is 6.30. The average Bonchev–Trinajstić information content (AvgIpc) is 3.12. The monoisotopic (exact) mass is 268 g/mol. The number of anilines is 1. The van der Waals surface area contributed by atoms with Crippen LogP contribution in [0.5, 0.6) is 0 Å². The third kappa shape index (κ3) is 4.29. The van der Waals surface area contributed by atoms with Crippen molar-refractivity contribution in [2.45, 2.75) is 18.9 Å². The number of carbonyl (C=O) groups excluding carboxylic acids is 1. The van der Waals surface area contributed by atoms with E-state index in [1.165, 1.54) is 0 Å². The lowest BCUT2D eigenvalue weighted by Gasteiger charge is -2.10. The van der Waals surface area contributed by atoms with Gasteiger partial charge in [-0.1, -0.05) is 17.7 Å². The normalized spacial score (nSPS) is 16.3. The van der Waals surface area contributed by atoms with Crippen molar-refractivity contribution in [2.24, 2.45) is 5.92 Å². The zero-order valence-corrected chi connectivity index (χ0v) is 10.8. The van der Waals surface area contributed by atoms with Crippen molar-refractivity contribution in [1.29, 1.82) is 0 Å². The molecule has 1 atom stereocenters. The van der Waals surface area contributed by atoms with Gasteiger partial charge in [-0.15, -0.1) is 0 Å². The zero-order chi connectivity index (χ0) is 13.0. The highest BCUT2D eigenvalue weighted by atomic mass is 35.5. The van der Waals surface area contributed by atoms with Crippen molar-refractivity contribution in [1.82, 2.24) is 5.32 Å². The van der Waals surface area contributed by atoms with E-state index in [-0.39, 0.29) is 18.6 Å². The summed E-state index contributed by atoms with van der Waals surface area (Å²) in [5.74, 6) is 0.286. The Morgan fingerprint density at radius 1 is 1.50 bits per heavy atom. The molecule has 5 heteroatoms. The van der Waals surface area contributed by atoms with Crippen LogP contribution in [-0.4, -0.2) is 30.2 Å². The molecule has 98 valence electrons.